The second-order valence-electron chi connectivity index (χ2n) is 8.21. The topological polar surface area (TPSA) is 49.4 Å². The van der Waals surface area contributed by atoms with Crippen molar-refractivity contribution in [1.29, 1.82) is 0 Å². The molecule has 0 radical (unpaired) electrons. The molecule has 0 aliphatic heterocycles. The van der Waals surface area contributed by atoms with Gasteiger partial charge in [0.25, 0.3) is 0 Å². The molecule has 1 aliphatic carbocycles. The molecule has 2 aromatic rings. The van der Waals surface area contributed by atoms with E-state index in [0.29, 0.717) is 20.1 Å². The number of rotatable bonds is 7. The Morgan fingerprint density at radius 3 is 2.06 bits per heavy atom. The standard InChI is InChI=1S/C24H26Cl4N2O2/c1-15(24(32)29-18-5-3-2-4-6-18)30(14-17-8-10-20(26)22(28)12-17)23(31)13-16-7-9-19(25)21(27)11-16/h7-12,15,18H,2-6,13-14H2,1H3,(H,29,32)/t15-/m1/s1. The zero-order valence-electron chi connectivity index (χ0n) is 17.8. The van der Waals surface area contributed by atoms with Gasteiger partial charge >= 0.3 is 0 Å². The number of benzene rings is 2. The first-order chi connectivity index (χ1) is 15.2. The van der Waals surface area contributed by atoms with E-state index in [4.69, 9.17) is 46.4 Å². The molecule has 32 heavy (non-hydrogen) atoms. The van der Waals surface area contributed by atoms with Crippen molar-refractivity contribution in [3.8, 4) is 0 Å². The van der Waals surface area contributed by atoms with Gasteiger partial charge in [-0.3, -0.25) is 9.59 Å². The fourth-order valence-corrected chi connectivity index (χ4v) is 4.55. The number of nitrogens with one attached hydrogen (secondary N) is 1. The molecule has 0 bridgehead atoms. The largest absolute Gasteiger partial charge is 0.352 e. The Morgan fingerprint density at radius 2 is 1.47 bits per heavy atom. The molecule has 1 atom stereocenters. The molecule has 4 nitrogen and oxygen atoms in total. The lowest BCUT2D eigenvalue weighted by molar-refractivity contribution is -0.140. The van der Waals surface area contributed by atoms with Crippen molar-refractivity contribution >= 4 is 58.2 Å². The molecule has 2 amide bonds. The Labute approximate surface area is 209 Å². The number of nitrogens with zero attached hydrogens (tertiary/aromatic N) is 1. The number of hydrogen-bond acceptors (Lipinski definition) is 2. The molecule has 1 fully saturated rings. The summed E-state index contributed by atoms with van der Waals surface area (Å²) in [5, 5.41) is 4.77. The number of carbonyl (C=O) groups excluding carboxylic acids is 2. The highest BCUT2D eigenvalue weighted by Gasteiger charge is 2.28. The fraction of sp³-hybridized carbons (Fsp3) is 0.417. The van der Waals surface area contributed by atoms with E-state index in [1.807, 2.05) is 0 Å². The molecule has 2 aromatic carbocycles. The van der Waals surface area contributed by atoms with E-state index in [1.165, 1.54) is 6.42 Å². The highest BCUT2D eigenvalue weighted by Crippen LogP contribution is 2.26. The zero-order chi connectivity index (χ0) is 23.3. The average molecular weight is 516 g/mol. The van der Waals surface area contributed by atoms with Crippen LogP contribution in [0.2, 0.25) is 20.1 Å². The van der Waals surface area contributed by atoms with Crippen LogP contribution < -0.4 is 5.32 Å². The lowest BCUT2D eigenvalue weighted by atomic mass is 9.95. The van der Waals surface area contributed by atoms with Gasteiger partial charge in [0, 0.05) is 12.6 Å². The van der Waals surface area contributed by atoms with Gasteiger partial charge in [-0.25, -0.2) is 0 Å². The van der Waals surface area contributed by atoms with Gasteiger partial charge in [0.05, 0.1) is 26.5 Å². The van der Waals surface area contributed by atoms with Gasteiger partial charge in [0.2, 0.25) is 11.8 Å². The average Bonchev–Trinajstić information content (AvgIpc) is 2.77. The minimum Gasteiger partial charge on any atom is -0.352 e. The number of halogens is 4. The molecule has 0 spiro atoms. The van der Waals surface area contributed by atoms with Crippen LogP contribution in [0.3, 0.4) is 0 Å². The molecule has 8 heteroatoms. The minimum absolute atomic E-state index is 0.0965. The SMILES string of the molecule is C[C@H](C(=O)NC1CCCCC1)N(Cc1ccc(Cl)c(Cl)c1)C(=O)Cc1ccc(Cl)c(Cl)c1. The molecular formula is C24H26Cl4N2O2. The normalized spacial score (nSPS) is 15.3. The molecule has 1 aliphatic rings. The summed E-state index contributed by atoms with van der Waals surface area (Å²) in [4.78, 5) is 27.9. The maximum Gasteiger partial charge on any atom is 0.242 e. The molecular weight excluding hydrogens is 490 g/mol. The first kappa shape index (κ1) is 25.2. The van der Waals surface area contributed by atoms with Crippen LogP contribution in [0.5, 0.6) is 0 Å². The predicted octanol–water partition coefficient (Wildman–Crippen LogP) is 6.71. The van der Waals surface area contributed by atoms with Gasteiger partial charge in [0.1, 0.15) is 6.04 Å². The summed E-state index contributed by atoms with van der Waals surface area (Å²) in [6.07, 6.45) is 5.48. The van der Waals surface area contributed by atoms with Crippen molar-refractivity contribution in [2.45, 2.75) is 64.1 Å². The number of amides is 2. The predicted molar refractivity (Wildman–Crippen MR) is 132 cm³/mol. The first-order valence-corrected chi connectivity index (χ1v) is 12.2. The van der Waals surface area contributed by atoms with Crippen molar-refractivity contribution in [2.75, 3.05) is 0 Å². The van der Waals surface area contributed by atoms with E-state index in [2.05, 4.69) is 5.32 Å². The Morgan fingerprint density at radius 1 is 0.906 bits per heavy atom. The van der Waals surface area contributed by atoms with Gasteiger partial charge < -0.3 is 10.2 Å². The van der Waals surface area contributed by atoms with Crippen LogP contribution in [0.1, 0.15) is 50.2 Å². The summed E-state index contributed by atoms with van der Waals surface area (Å²) in [5.41, 5.74) is 1.52. The highest BCUT2D eigenvalue weighted by molar-refractivity contribution is 6.42. The molecule has 1 saturated carbocycles. The van der Waals surface area contributed by atoms with Crippen molar-refractivity contribution in [1.82, 2.24) is 10.2 Å². The second kappa shape index (κ2) is 11.6. The lowest BCUT2D eigenvalue weighted by Gasteiger charge is -2.31. The zero-order valence-corrected chi connectivity index (χ0v) is 20.9. The number of hydrogen-bond donors (Lipinski definition) is 1. The maximum atomic E-state index is 13.3. The number of carbonyl (C=O) groups is 2. The van der Waals surface area contributed by atoms with Crippen molar-refractivity contribution in [3.05, 3.63) is 67.6 Å². The van der Waals surface area contributed by atoms with Crippen LogP contribution in [0.25, 0.3) is 0 Å². The Balaban J connectivity index is 1.79. The van der Waals surface area contributed by atoms with Crippen LogP contribution in [0, 0.1) is 0 Å². The quantitative estimate of drug-likeness (QED) is 0.445. The molecule has 0 saturated heterocycles. The van der Waals surface area contributed by atoms with Crippen LogP contribution in [0.4, 0.5) is 0 Å². The summed E-state index contributed by atoms with van der Waals surface area (Å²) in [5.74, 6) is -0.347. The molecule has 1 N–H and O–H groups in total. The van der Waals surface area contributed by atoms with Gasteiger partial charge in [-0.2, -0.15) is 0 Å². The lowest BCUT2D eigenvalue weighted by Crippen LogP contribution is -2.50. The minimum atomic E-state index is -0.651. The molecule has 0 heterocycles. The monoisotopic (exact) mass is 514 g/mol. The summed E-state index contributed by atoms with van der Waals surface area (Å²) in [6.45, 7) is 1.98. The Hall–Kier alpha value is -1.46. The second-order valence-corrected chi connectivity index (χ2v) is 9.84. The molecule has 172 valence electrons. The van der Waals surface area contributed by atoms with E-state index in [-0.39, 0.29) is 30.8 Å². The van der Waals surface area contributed by atoms with Crippen LogP contribution in [-0.4, -0.2) is 28.8 Å². The molecule has 0 unspecified atom stereocenters. The van der Waals surface area contributed by atoms with Crippen LogP contribution in [0.15, 0.2) is 36.4 Å². The third-order valence-corrected chi connectivity index (χ3v) is 7.27. The third kappa shape index (κ3) is 6.77. The van der Waals surface area contributed by atoms with E-state index in [9.17, 15) is 9.59 Å². The molecule has 0 aromatic heterocycles. The Kier molecular flexibility index (Phi) is 9.13. The van der Waals surface area contributed by atoms with Crippen molar-refractivity contribution in [2.24, 2.45) is 0 Å². The fourth-order valence-electron chi connectivity index (χ4n) is 3.91. The van der Waals surface area contributed by atoms with E-state index < -0.39 is 6.04 Å². The summed E-state index contributed by atoms with van der Waals surface area (Å²) >= 11 is 24.3. The van der Waals surface area contributed by atoms with Crippen LogP contribution >= 0.6 is 46.4 Å². The van der Waals surface area contributed by atoms with Gasteiger partial charge in [0.15, 0.2) is 0 Å². The van der Waals surface area contributed by atoms with E-state index in [0.717, 1.165) is 36.8 Å². The summed E-state index contributed by atoms with van der Waals surface area (Å²) in [7, 11) is 0. The third-order valence-electron chi connectivity index (χ3n) is 5.80. The van der Waals surface area contributed by atoms with Gasteiger partial charge in [-0.1, -0.05) is 77.8 Å². The van der Waals surface area contributed by atoms with Gasteiger partial charge in [-0.05, 0) is 55.2 Å². The molecule has 3 rings (SSSR count). The highest BCUT2D eigenvalue weighted by atomic mass is 35.5. The van der Waals surface area contributed by atoms with E-state index >= 15 is 0 Å². The smallest absolute Gasteiger partial charge is 0.242 e. The van der Waals surface area contributed by atoms with Crippen molar-refractivity contribution < 1.29 is 9.59 Å². The maximum absolute atomic E-state index is 13.3. The summed E-state index contributed by atoms with van der Waals surface area (Å²) in [6, 6.07) is 9.82. The van der Waals surface area contributed by atoms with E-state index in [1.54, 1.807) is 48.2 Å². The Bertz CT molecular complexity index is 976. The van der Waals surface area contributed by atoms with Crippen molar-refractivity contribution in [3.63, 3.8) is 0 Å². The van der Waals surface area contributed by atoms with Gasteiger partial charge in [-0.15, -0.1) is 0 Å². The summed E-state index contributed by atoms with van der Waals surface area (Å²) < 4.78 is 0. The van der Waals surface area contributed by atoms with Crippen LogP contribution in [-0.2, 0) is 22.6 Å². The first-order valence-electron chi connectivity index (χ1n) is 10.7.